The number of rotatable bonds is 4. The van der Waals surface area contributed by atoms with Crippen molar-refractivity contribution >= 4 is 142 Å². The Kier molecular flexibility index (Phi) is 9.28. The van der Waals surface area contributed by atoms with Gasteiger partial charge < -0.3 is 13.5 Å². The number of fused-ring (bicyclic) bond motifs is 21. The molecule has 406 valence electrons. The average molecular weight is 1100 g/mol. The van der Waals surface area contributed by atoms with Crippen molar-refractivity contribution in [2.45, 2.75) is 52.4 Å². The SMILES string of the molecule is CC(C)(C)c1cc(-c2ccc3c(c2)c2ccccc2n3-c2ccccc2)c2c(c1)c1cc3ccccc3c3c4cc5c(nc4n2c13)c1cc(C(C)(C)C)cc2c3cc4ccccc4c(-c4ccc6c(c4)c4ccccc4n6-c4ccccc4)c3n5c21. The van der Waals surface area contributed by atoms with E-state index in [-0.39, 0.29) is 10.8 Å². The van der Waals surface area contributed by atoms with Crippen LogP contribution in [0, 0.1) is 0 Å². The van der Waals surface area contributed by atoms with Crippen molar-refractivity contribution in [1.82, 2.24) is 22.9 Å². The molecule has 19 aromatic rings. The van der Waals surface area contributed by atoms with E-state index in [2.05, 4.69) is 296 Å². The molecule has 0 fully saturated rings. The molecular formula is C81H57N5. The predicted octanol–water partition coefficient (Wildman–Crippen LogP) is 21.8. The Morgan fingerprint density at radius 3 is 1.41 bits per heavy atom. The van der Waals surface area contributed by atoms with Gasteiger partial charge in [0.05, 0.1) is 55.2 Å². The lowest BCUT2D eigenvalue weighted by Gasteiger charge is -2.21. The van der Waals surface area contributed by atoms with Crippen LogP contribution in [0.25, 0.3) is 175 Å². The van der Waals surface area contributed by atoms with Gasteiger partial charge in [-0.05, 0) is 158 Å². The van der Waals surface area contributed by atoms with Crippen molar-refractivity contribution in [1.29, 1.82) is 0 Å². The molecule has 0 saturated heterocycles. The van der Waals surface area contributed by atoms with Crippen LogP contribution in [0.4, 0.5) is 0 Å². The summed E-state index contributed by atoms with van der Waals surface area (Å²) in [6, 6.07) is 89.2. The first-order chi connectivity index (χ1) is 41.9. The van der Waals surface area contributed by atoms with Crippen LogP contribution in [0.1, 0.15) is 52.7 Å². The molecule has 86 heavy (non-hydrogen) atoms. The summed E-state index contributed by atoms with van der Waals surface area (Å²) in [5, 5.41) is 18.5. The minimum atomic E-state index is -0.137. The molecule has 19 rings (SSSR count). The zero-order valence-electron chi connectivity index (χ0n) is 48.8. The van der Waals surface area contributed by atoms with Crippen molar-refractivity contribution in [2.75, 3.05) is 0 Å². The number of benzene rings is 12. The topological polar surface area (TPSA) is 31.6 Å². The third-order valence-electron chi connectivity index (χ3n) is 19.4. The van der Waals surface area contributed by atoms with Crippen LogP contribution in [0.2, 0.25) is 0 Å². The summed E-state index contributed by atoms with van der Waals surface area (Å²) in [5.74, 6) is 0. The maximum absolute atomic E-state index is 6.19. The minimum absolute atomic E-state index is 0.123. The van der Waals surface area contributed by atoms with Crippen LogP contribution in [-0.2, 0) is 10.8 Å². The van der Waals surface area contributed by atoms with Gasteiger partial charge in [-0.2, -0.15) is 0 Å². The van der Waals surface area contributed by atoms with Gasteiger partial charge in [-0.1, -0.05) is 175 Å². The minimum Gasteiger partial charge on any atom is -0.309 e. The maximum Gasteiger partial charge on any atom is 0.146 e. The molecule has 0 radical (unpaired) electrons. The zero-order chi connectivity index (χ0) is 57.2. The molecule has 0 atom stereocenters. The van der Waals surface area contributed by atoms with Gasteiger partial charge >= 0.3 is 0 Å². The summed E-state index contributed by atoms with van der Waals surface area (Å²) in [6.07, 6.45) is 0. The highest BCUT2D eigenvalue weighted by atomic mass is 15.0. The van der Waals surface area contributed by atoms with Crippen LogP contribution in [0.5, 0.6) is 0 Å². The van der Waals surface area contributed by atoms with E-state index in [1.54, 1.807) is 0 Å². The molecule has 0 amide bonds. The van der Waals surface area contributed by atoms with Gasteiger partial charge in [0, 0.05) is 81.8 Å². The monoisotopic (exact) mass is 1100 g/mol. The molecule has 7 aromatic heterocycles. The Hall–Kier alpha value is -10.5. The average Bonchev–Trinajstić information content (AvgIpc) is 1.62. The number of hydrogen-bond acceptors (Lipinski definition) is 1. The van der Waals surface area contributed by atoms with Gasteiger partial charge in [0.25, 0.3) is 0 Å². The molecule has 0 aliphatic rings. The molecule has 12 aromatic carbocycles. The lowest BCUT2D eigenvalue weighted by molar-refractivity contribution is 0.591. The Labute approximate surface area is 495 Å². The molecule has 0 N–H and O–H groups in total. The van der Waals surface area contributed by atoms with Crippen molar-refractivity contribution in [3.63, 3.8) is 0 Å². The first-order valence-corrected chi connectivity index (χ1v) is 30.3. The lowest BCUT2D eigenvalue weighted by atomic mass is 9.84. The number of aromatic nitrogens is 5. The Morgan fingerprint density at radius 2 is 0.779 bits per heavy atom. The summed E-state index contributed by atoms with van der Waals surface area (Å²) >= 11 is 0. The maximum atomic E-state index is 6.19. The van der Waals surface area contributed by atoms with E-state index < -0.39 is 0 Å². The molecule has 0 unspecified atom stereocenters. The Bertz CT molecular complexity index is 6130. The number of hydrogen-bond donors (Lipinski definition) is 0. The second-order valence-corrected chi connectivity index (χ2v) is 26.3. The molecule has 0 saturated carbocycles. The summed E-state index contributed by atoms with van der Waals surface area (Å²) < 4.78 is 10.0. The molecule has 0 bridgehead atoms. The largest absolute Gasteiger partial charge is 0.309 e. The molecule has 5 nitrogen and oxygen atoms in total. The van der Waals surface area contributed by atoms with Crippen LogP contribution >= 0.6 is 0 Å². The highest BCUT2D eigenvalue weighted by molar-refractivity contribution is 6.35. The Morgan fingerprint density at radius 1 is 0.302 bits per heavy atom. The lowest BCUT2D eigenvalue weighted by Crippen LogP contribution is -2.11. The van der Waals surface area contributed by atoms with Crippen molar-refractivity contribution in [3.05, 3.63) is 248 Å². The predicted molar refractivity (Wildman–Crippen MR) is 366 cm³/mol. The number of pyridine rings is 1. The fraction of sp³-hybridized carbons (Fsp3) is 0.0988. The quantitative estimate of drug-likeness (QED) is 0.173. The third-order valence-corrected chi connectivity index (χ3v) is 19.4. The van der Waals surface area contributed by atoms with Crippen LogP contribution in [0.3, 0.4) is 0 Å². The highest BCUT2D eigenvalue weighted by Gasteiger charge is 2.31. The van der Waals surface area contributed by atoms with Gasteiger partial charge in [0.1, 0.15) is 5.65 Å². The van der Waals surface area contributed by atoms with Gasteiger partial charge in [-0.25, -0.2) is 4.98 Å². The fourth-order valence-corrected chi connectivity index (χ4v) is 15.4. The van der Waals surface area contributed by atoms with Crippen molar-refractivity contribution < 1.29 is 0 Å². The van der Waals surface area contributed by atoms with Gasteiger partial charge in [-0.3, -0.25) is 4.40 Å². The molecule has 7 heterocycles. The molecule has 0 aliphatic carbocycles. The fourth-order valence-electron chi connectivity index (χ4n) is 15.4. The Balaban J connectivity index is 0.966. The third kappa shape index (κ3) is 6.31. The van der Waals surface area contributed by atoms with E-state index in [0.717, 1.165) is 33.4 Å². The zero-order valence-corrected chi connectivity index (χ0v) is 48.8. The second-order valence-electron chi connectivity index (χ2n) is 26.3. The first-order valence-electron chi connectivity index (χ1n) is 30.3. The first kappa shape index (κ1) is 47.9. The molecule has 0 aliphatic heterocycles. The molecular weight excluding hydrogens is 1040 g/mol. The van der Waals surface area contributed by atoms with Crippen LogP contribution in [0.15, 0.2) is 237 Å². The molecule has 5 heteroatoms. The van der Waals surface area contributed by atoms with Gasteiger partial charge in [0.15, 0.2) is 0 Å². The summed E-state index contributed by atoms with van der Waals surface area (Å²) in [7, 11) is 0. The summed E-state index contributed by atoms with van der Waals surface area (Å²) in [6.45, 7) is 14.1. The van der Waals surface area contributed by atoms with Gasteiger partial charge in [0.2, 0.25) is 0 Å². The van der Waals surface area contributed by atoms with E-state index in [4.69, 9.17) is 4.98 Å². The van der Waals surface area contributed by atoms with Crippen molar-refractivity contribution in [2.24, 2.45) is 0 Å². The van der Waals surface area contributed by atoms with E-state index >= 15 is 0 Å². The normalized spacial score (nSPS) is 13.0. The van der Waals surface area contributed by atoms with Crippen LogP contribution in [-0.4, -0.2) is 22.9 Å². The summed E-state index contributed by atoms with van der Waals surface area (Å²) in [4.78, 5) is 6.19. The number of para-hydroxylation sites is 4. The van der Waals surface area contributed by atoms with Crippen molar-refractivity contribution in [3.8, 4) is 33.6 Å². The molecule has 0 spiro atoms. The van der Waals surface area contributed by atoms with E-state index in [1.807, 2.05) is 0 Å². The van der Waals surface area contributed by atoms with Gasteiger partial charge in [-0.15, -0.1) is 0 Å². The standard InChI is InChI=1S/C81H57N5/c1-80(2,3)50-41-58(48-33-35-69-59(37-48)56-29-17-19-31-67(56)83(69)52-23-9-7-10-24-52)75-63(42-50)62-39-47-22-14-16-28-55(47)73-65-45-71-74(82-79(65)86(75)78(62)73)66-44-51(81(4,5)6)43-64-61-38-46-21-13-15-27-54(46)72(77(61)85(71)76(64)66)49-34-36-70-60(40-49)57-30-18-20-32-68(57)84(70)53-25-11-8-12-26-53/h7-45H,1-6H3. The summed E-state index contributed by atoms with van der Waals surface area (Å²) in [5.41, 5.74) is 22.2. The number of nitrogens with zero attached hydrogens (tertiary/aromatic N) is 5. The van der Waals surface area contributed by atoms with Crippen LogP contribution < -0.4 is 0 Å². The van der Waals surface area contributed by atoms with E-state index in [1.165, 1.54) is 153 Å². The smallest absolute Gasteiger partial charge is 0.146 e. The second kappa shape index (κ2) is 16.6. The van der Waals surface area contributed by atoms with E-state index in [0.29, 0.717) is 0 Å². The van der Waals surface area contributed by atoms with E-state index in [9.17, 15) is 0 Å². The highest BCUT2D eigenvalue weighted by Crippen LogP contribution is 2.52.